The third kappa shape index (κ3) is 15.6. The highest BCUT2D eigenvalue weighted by Gasteiger charge is 2.15. The van der Waals surface area contributed by atoms with Gasteiger partial charge >= 0.3 is 6.09 Å². The Bertz CT molecular complexity index is 397. The van der Waals surface area contributed by atoms with E-state index in [2.05, 4.69) is 26.3 Å². The van der Waals surface area contributed by atoms with Crippen LogP contribution in [0.1, 0.15) is 40.5 Å². The predicted octanol–water partition coefficient (Wildman–Crippen LogP) is 1.21. The van der Waals surface area contributed by atoms with Crippen molar-refractivity contribution in [2.45, 2.75) is 46.1 Å². The van der Waals surface area contributed by atoms with Gasteiger partial charge in [-0.2, -0.15) is 0 Å². The first kappa shape index (κ1) is 25.0. The van der Waals surface area contributed by atoms with Gasteiger partial charge in [-0.1, -0.05) is 6.92 Å². The minimum Gasteiger partial charge on any atom is -0.444 e. The van der Waals surface area contributed by atoms with Gasteiger partial charge in [0, 0.05) is 26.7 Å². The predicted molar refractivity (Wildman–Crippen MR) is 107 cm³/mol. The van der Waals surface area contributed by atoms with Crippen molar-refractivity contribution in [1.82, 2.24) is 21.3 Å². The van der Waals surface area contributed by atoms with Crippen LogP contribution in [0.2, 0.25) is 0 Å². The molecule has 24 heavy (non-hydrogen) atoms. The van der Waals surface area contributed by atoms with Crippen molar-refractivity contribution in [1.29, 1.82) is 0 Å². The minimum atomic E-state index is -0.493. The zero-order valence-electron chi connectivity index (χ0n) is 15.3. The van der Waals surface area contributed by atoms with Gasteiger partial charge in [0.15, 0.2) is 5.96 Å². The zero-order valence-corrected chi connectivity index (χ0v) is 17.7. The summed E-state index contributed by atoms with van der Waals surface area (Å²) in [7, 11) is 1.64. The van der Waals surface area contributed by atoms with E-state index < -0.39 is 11.7 Å². The average Bonchev–Trinajstić information content (AvgIpc) is 2.46. The minimum absolute atomic E-state index is 0. The molecule has 0 saturated heterocycles. The van der Waals surface area contributed by atoms with Crippen molar-refractivity contribution in [3.05, 3.63) is 0 Å². The molecular weight excluding hydrogens is 425 g/mol. The summed E-state index contributed by atoms with van der Waals surface area (Å²) < 4.78 is 5.13. The monoisotopic (exact) mass is 457 g/mol. The second-order valence-electron chi connectivity index (χ2n) is 5.98. The molecule has 142 valence electrons. The molecule has 0 heterocycles. The van der Waals surface area contributed by atoms with Crippen molar-refractivity contribution in [3.8, 4) is 0 Å². The maximum absolute atomic E-state index is 11.5. The molecule has 2 amide bonds. The van der Waals surface area contributed by atoms with E-state index in [-0.39, 0.29) is 36.4 Å². The van der Waals surface area contributed by atoms with Gasteiger partial charge in [-0.15, -0.1) is 24.0 Å². The van der Waals surface area contributed by atoms with Crippen LogP contribution in [0, 0.1) is 0 Å². The first-order chi connectivity index (χ1) is 10.8. The number of amides is 2. The second kappa shape index (κ2) is 14.1. The highest BCUT2D eigenvalue weighted by atomic mass is 127. The van der Waals surface area contributed by atoms with Crippen LogP contribution in [-0.4, -0.2) is 56.8 Å². The summed E-state index contributed by atoms with van der Waals surface area (Å²) in [6.07, 6.45) is 1.19. The summed E-state index contributed by atoms with van der Waals surface area (Å²) in [5, 5.41) is 11.4. The molecule has 0 unspecified atom stereocenters. The standard InChI is InChI=1S/C15H31N5O3.HI/c1-6-8-17-12(21)11-20-13(16-5)18-9-7-10-19-14(22)23-15(2,3)4;/h6-11H2,1-5H3,(H,17,21)(H,19,22)(H2,16,18,20);1H. The van der Waals surface area contributed by atoms with Crippen LogP contribution in [-0.2, 0) is 9.53 Å². The Labute approximate surface area is 162 Å². The van der Waals surface area contributed by atoms with Crippen molar-refractivity contribution in [2.24, 2.45) is 4.99 Å². The molecule has 0 radical (unpaired) electrons. The molecule has 0 aromatic rings. The van der Waals surface area contributed by atoms with Crippen LogP contribution in [0.25, 0.3) is 0 Å². The summed E-state index contributed by atoms with van der Waals surface area (Å²) in [6.45, 7) is 9.42. The van der Waals surface area contributed by atoms with Gasteiger partial charge in [-0.3, -0.25) is 9.79 Å². The summed E-state index contributed by atoms with van der Waals surface area (Å²) in [5.41, 5.74) is -0.493. The fourth-order valence-electron chi connectivity index (χ4n) is 1.51. The molecule has 0 aromatic carbocycles. The normalized spacial score (nSPS) is 11.1. The molecule has 0 fully saturated rings. The molecular formula is C15H32IN5O3. The van der Waals surface area contributed by atoms with E-state index in [4.69, 9.17) is 4.74 Å². The van der Waals surface area contributed by atoms with E-state index in [1.165, 1.54) is 0 Å². The number of aliphatic imine (C=N–C) groups is 1. The Balaban J connectivity index is 0. The zero-order chi connectivity index (χ0) is 17.7. The third-order valence-electron chi connectivity index (χ3n) is 2.53. The topological polar surface area (TPSA) is 104 Å². The molecule has 0 aromatic heterocycles. The number of nitrogens with one attached hydrogen (secondary N) is 4. The number of hydrogen-bond acceptors (Lipinski definition) is 4. The lowest BCUT2D eigenvalue weighted by Crippen LogP contribution is -2.44. The molecule has 0 aliphatic carbocycles. The number of guanidine groups is 1. The van der Waals surface area contributed by atoms with Crippen molar-refractivity contribution < 1.29 is 14.3 Å². The number of halogens is 1. The van der Waals surface area contributed by atoms with Crippen LogP contribution in [0.4, 0.5) is 4.79 Å². The van der Waals surface area contributed by atoms with Gasteiger partial charge in [0.2, 0.25) is 5.91 Å². The summed E-state index contributed by atoms with van der Waals surface area (Å²) >= 11 is 0. The molecule has 0 aliphatic heterocycles. The van der Waals surface area contributed by atoms with Gasteiger partial charge < -0.3 is 26.0 Å². The van der Waals surface area contributed by atoms with E-state index in [1.807, 2.05) is 27.7 Å². The maximum atomic E-state index is 11.5. The van der Waals surface area contributed by atoms with Gasteiger partial charge in [0.05, 0.1) is 6.54 Å². The smallest absolute Gasteiger partial charge is 0.407 e. The molecule has 0 bridgehead atoms. The molecule has 0 aliphatic rings. The van der Waals surface area contributed by atoms with Crippen molar-refractivity contribution in [3.63, 3.8) is 0 Å². The van der Waals surface area contributed by atoms with Crippen LogP contribution in [0.5, 0.6) is 0 Å². The molecule has 0 saturated carbocycles. The molecule has 4 N–H and O–H groups in total. The Morgan fingerprint density at radius 2 is 1.62 bits per heavy atom. The lowest BCUT2D eigenvalue weighted by molar-refractivity contribution is -0.120. The summed E-state index contributed by atoms with van der Waals surface area (Å²) in [5.74, 6) is 0.482. The van der Waals surface area contributed by atoms with Crippen molar-refractivity contribution >= 4 is 41.9 Å². The number of rotatable bonds is 8. The second-order valence-corrected chi connectivity index (χ2v) is 5.98. The number of carbonyl (C=O) groups is 2. The SMILES string of the molecule is CCCNC(=O)CNC(=NC)NCCCNC(=O)OC(C)(C)C.I. The molecule has 0 rings (SSSR count). The fourth-order valence-corrected chi connectivity index (χ4v) is 1.51. The molecule has 0 atom stereocenters. The Hall–Kier alpha value is -1.26. The number of alkyl carbamates (subject to hydrolysis) is 1. The van der Waals surface area contributed by atoms with Gasteiger partial charge in [0.25, 0.3) is 0 Å². The third-order valence-corrected chi connectivity index (χ3v) is 2.53. The quantitative estimate of drug-likeness (QED) is 0.190. The highest BCUT2D eigenvalue weighted by molar-refractivity contribution is 14.0. The first-order valence-electron chi connectivity index (χ1n) is 7.96. The van der Waals surface area contributed by atoms with Gasteiger partial charge in [0.1, 0.15) is 5.60 Å². The summed E-state index contributed by atoms with van der Waals surface area (Å²) in [4.78, 5) is 26.9. The molecule has 8 nitrogen and oxygen atoms in total. The number of hydrogen-bond donors (Lipinski definition) is 4. The van der Waals surface area contributed by atoms with Crippen molar-refractivity contribution in [2.75, 3.05) is 33.2 Å². The van der Waals surface area contributed by atoms with E-state index in [1.54, 1.807) is 7.05 Å². The highest BCUT2D eigenvalue weighted by Crippen LogP contribution is 2.06. The van der Waals surface area contributed by atoms with Gasteiger partial charge in [-0.25, -0.2) is 4.79 Å². The first-order valence-corrected chi connectivity index (χ1v) is 7.96. The lowest BCUT2D eigenvalue weighted by atomic mass is 10.2. The number of ether oxygens (including phenoxy) is 1. The Kier molecular flexibility index (Phi) is 14.7. The average molecular weight is 457 g/mol. The van der Waals surface area contributed by atoms with Crippen LogP contribution in [0.15, 0.2) is 4.99 Å². The van der Waals surface area contributed by atoms with Crippen LogP contribution in [0.3, 0.4) is 0 Å². The van der Waals surface area contributed by atoms with Crippen LogP contribution < -0.4 is 21.3 Å². The van der Waals surface area contributed by atoms with E-state index in [0.717, 1.165) is 6.42 Å². The fraction of sp³-hybridized carbons (Fsp3) is 0.800. The molecule has 9 heteroatoms. The number of nitrogens with zero attached hydrogens (tertiary/aromatic N) is 1. The largest absolute Gasteiger partial charge is 0.444 e. The van der Waals surface area contributed by atoms with E-state index >= 15 is 0 Å². The van der Waals surface area contributed by atoms with E-state index in [9.17, 15) is 9.59 Å². The maximum Gasteiger partial charge on any atom is 0.407 e. The molecule has 0 spiro atoms. The Morgan fingerprint density at radius 3 is 2.17 bits per heavy atom. The van der Waals surface area contributed by atoms with Crippen LogP contribution >= 0.6 is 24.0 Å². The van der Waals surface area contributed by atoms with Gasteiger partial charge in [-0.05, 0) is 33.6 Å². The lowest BCUT2D eigenvalue weighted by Gasteiger charge is -2.19. The number of carbonyl (C=O) groups excluding carboxylic acids is 2. The van der Waals surface area contributed by atoms with E-state index in [0.29, 0.717) is 32.0 Å². The summed E-state index contributed by atoms with van der Waals surface area (Å²) in [6, 6.07) is 0. The Morgan fingerprint density at radius 1 is 1.00 bits per heavy atom.